The van der Waals surface area contributed by atoms with Crippen LogP contribution in [0.1, 0.15) is 102 Å². The van der Waals surface area contributed by atoms with Crippen LogP contribution >= 0.6 is 0 Å². The van der Waals surface area contributed by atoms with Crippen LogP contribution in [-0.4, -0.2) is 42.7 Å². The fourth-order valence-corrected chi connectivity index (χ4v) is 6.30. The number of benzene rings is 1. The Morgan fingerprint density at radius 2 is 1.83 bits per heavy atom. The molecule has 194 valence electrons. The van der Waals surface area contributed by atoms with Crippen molar-refractivity contribution in [3.63, 3.8) is 0 Å². The molecule has 5 rings (SSSR count). The molecule has 2 aromatic heterocycles. The number of nitrogens with zero attached hydrogens (tertiary/aromatic N) is 5. The highest BCUT2D eigenvalue weighted by molar-refractivity contribution is 5.80. The van der Waals surface area contributed by atoms with E-state index in [1.54, 1.807) is 0 Å². The molecule has 2 saturated carbocycles. The van der Waals surface area contributed by atoms with E-state index in [4.69, 9.17) is 4.74 Å². The van der Waals surface area contributed by atoms with Gasteiger partial charge in [-0.15, -0.1) is 5.10 Å². The van der Waals surface area contributed by atoms with Crippen LogP contribution in [0.25, 0.3) is 10.9 Å². The molecule has 0 amide bonds. The van der Waals surface area contributed by atoms with E-state index in [9.17, 15) is 4.79 Å². The number of aromatic nitrogens is 5. The van der Waals surface area contributed by atoms with E-state index in [1.165, 1.54) is 32.1 Å². The molecule has 1 atom stereocenters. The van der Waals surface area contributed by atoms with Crippen molar-refractivity contribution in [2.45, 2.75) is 103 Å². The average molecular weight is 493 g/mol. The molecule has 0 aliphatic heterocycles. The Bertz CT molecular complexity index is 1210. The van der Waals surface area contributed by atoms with Gasteiger partial charge in [0.25, 0.3) is 5.56 Å². The highest BCUT2D eigenvalue weighted by atomic mass is 16.5. The highest BCUT2D eigenvalue weighted by Gasteiger charge is 2.36. The zero-order valence-corrected chi connectivity index (χ0v) is 21.9. The van der Waals surface area contributed by atoms with E-state index < -0.39 is 0 Å². The Kier molecular flexibility index (Phi) is 7.70. The van der Waals surface area contributed by atoms with Gasteiger partial charge in [0.2, 0.25) is 0 Å². The van der Waals surface area contributed by atoms with Crippen LogP contribution < -0.4 is 10.3 Å². The number of nitrogens with one attached hydrogen (secondary N) is 1. The van der Waals surface area contributed by atoms with Crippen molar-refractivity contribution in [2.75, 3.05) is 6.61 Å². The number of ether oxygens (including phenoxy) is 1. The molecule has 1 aromatic carbocycles. The lowest BCUT2D eigenvalue weighted by atomic mass is 9.94. The molecule has 2 fully saturated rings. The molecule has 36 heavy (non-hydrogen) atoms. The number of pyridine rings is 1. The van der Waals surface area contributed by atoms with Gasteiger partial charge in [0.05, 0.1) is 18.7 Å². The lowest BCUT2D eigenvalue weighted by Gasteiger charge is -2.38. The van der Waals surface area contributed by atoms with E-state index in [0.29, 0.717) is 31.2 Å². The standard InChI is InChI=1S/C28H40N6O2/c1-4-36-24-14-15-25-20(17-24)16-21(28(35)29-25)18-33(22-10-8-9-11-22)26(19(2)3)27-30-31-32-34(27)23-12-6-5-7-13-23/h14-17,19,22-23,26H,4-13,18H2,1-3H3,(H,29,35)/t26-/m1/s1. The summed E-state index contributed by atoms with van der Waals surface area (Å²) in [4.78, 5) is 18.9. The SMILES string of the molecule is CCOc1ccc2[nH]c(=O)c(CN(C3CCCC3)[C@@H](c3nnnn3C3CCCCC3)C(C)C)cc2c1. The van der Waals surface area contributed by atoms with Crippen molar-refractivity contribution in [2.24, 2.45) is 5.92 Å². The minimum atomic E-state index is -0.0240. The van der Waals surface area contributed by atoms with Gasteiger partial charge < -0.3 is 9.72 Å². The van der Waals surface area contributed by atoms with Gasteiger partial charge in [0, 0.05) is 29.1 Å². The first kappa shape index (κ1) is 24.9. The Morgan fingerprint density at radius 3 is 2.56 bits per heavy atom. The van der Waals surface area contributed by atoms with E-state index in [-0.39, 0.29) is 11.6 Å². The molecule has 0 spiro atoms. The Morgan fingerprint density at radius 1 is 1.08 bits per heavy atom. The smallest absolute Gasteiger partial charge is 0.252 e. The summed E-state index contributed by atoms with van der Waals surface area (Å²) >= 11 is 0. The fraction of sp³-hybridized carbons (Fsp3) is 0.643. The van der Waals surface area contributed by atoms with Crippen LogP contribution in [0.15, 0.2) is 29.1 Å². The summed E-state index contributed by atoms with van der Waals surface area (Å²) in [7, 11) is 0. The van der Waals surface area contributed by atoms with Crippen molar-refractivity contribution < 1.29 is 4.74 Å². The molecule has 1 N–H and O–H groups in total. The van der Waals surface area contributed by atoms with Crippen molar-refractivity contribution >= 4 is 10.9 Å². The lowest BCUT2D eigenvalue weighted by Crippen LogP contribution is -2.41. The minimum absolute atomic E-state index is 0.0240. The second-order valence-electron chi connectivity index (χ2n) is 10.9. The Hall–Kier alpha value is -2.74. The molecule has 0 unspecified atom stereocenters. The first-order chi connectivity index (χ1) is 17.5. The van der Waals surface area contributed by atoms with Crippen LogP contribution in [-0.2, 0) is 6.54 Å². The predicted molar refractivity (Wildman–Crippen MR) is 141 cm³/mol. The first-order valence-corrected chi connectivity index (χ1v) is 13.9. The lowest BCUT2D eigenvalue weighted by molar-refractivity contribution is 0.0815. The maximum Gasteiger partial charge on any atom is 0.252 e. The maximum absolute atomic E-state index is 13.2. The number of hydrogen-bond donors (Lipinski definition) is 1. The molecule has 0 saturated heterocycles. The number of fused-ring (bicyclic) bond motifs is 1. The normalized spacial score (nSPS) is 18.5. The van der Waals surface area contributed by atoms with Gasteiger partial charge in [-0.25, -0.2) is 4.68 Å². The Balaban J connectivity index is 1.52. The number of hydrogen-bond acceptors (Lipinski definition) is 6. The van der Waals surface area contributed by atoms with E-state index in [2.05, 4.69) is 43.9 Å². The third-order valence-electron chi connectivity index (χ3n) is 8.04. The molecule has 2 heterocycles. The molecule has 3 aromatic rings. The molecule has 2 aliphatic rings. The summed E-state index contributed by atoms with van der Waals surface area (Å²) in [5.74, 6) is 2.09. The quantitative estimate of drug-likeness (QED) is 0.421. The van der Waals surface area contributed by atoms with Gasteiger partial charge >= 0.3 is 0 Å². The van der Waals surface area contributed by atoms with E-state index in [1.807, 2.05) is 31.2 Å². The number of tetrazole rings is 1. The van der Waals surface area contributed by atoms with Crippen LogP contribution in [0, 0.1) is 5.92 Å². The second-order valence-corrected chi connectivity index (χ2v) is 10.9. The molecule has 0 bridgehead atoms. The molecule has 0 radical (unpaired) electrons. The fourth-order valence-electron chi connectivity index (χ4n) is 6.30. The van der Waals surface area contributed by atoms with Gasteiger partial charge in [-0.2, -0.15) is 0 Å². The summed E-state index contributed by atoms with van der Waals surface area (Å²) in [5, 5.41) is 14.3. The summed E-state index contributed by atoms with van der Waals surface area (Å²) in [6, 6.07) is 8.73. The van der Waals surface area contributed by atoms with Crippen LogP contribution in [0.2, 0.25) is 0 Å². The Labute approximate surface area is 213 Å². The van der Waals surface area contributed by atoms with Crippen molar-refractivity contribution in [3.05, 3.63) is 46.0 Å². The average Bonchev–Trinajstić information content (AvgIpc) is 3.57. The topological polar surface area (TPSA) is 88.9 Å². The van der Waals surface area contributed by atoms with Crippen molar-refractivity contribution in [1.29, 1.82) is 0 Å². The monoisotopic (exact) mass is 492 g/mol. The highest BCUT2D eigenvalue weighted by Crippen LogP contribution is 2.38. The molecule has 8 heteroatoms. The number of H-pyrrole nitrogens is 1. The van der Waals surface area contributed by atoms with E-state index in [0.717, 1.165) is 53.7 Å². The van der Waals surface area contributed by atoms with E-state index >= 15 is 0 Å². The molecule has 8 nitrogen and oxygen atoms in total. The van der Waals surface area contributed by atoms with Crippen molar-refractivity contribution in [3.8, 4) is 5.75 Å². The number of aromatic amines is 1. The third-order valence-corrected chi connectivity index (χ3v) is 8.04. The first-order valence-electron chi connectivity index (χ1n) is 13.9. The second kappa shape index (κ2) is 11.1. The summed E-state index contributed by atoms with van der Waals surface area (Å²) < 4.78 is 7.82. The zero-order chi connectivity index (χ0) is 25.1. The van der Waals surface area contributed by atoms with Gasteiger partial charge in [0.15, 0.2) is 5.82 Å². The molecular formula is C28H40N6O2. The number of rotatable bonds is 9. The van der Waals surface area contributed by atoms with Crippen LogP contribution in [0.4, 0.5) is 0 Å². The molecule has 2 aliphatic carbocycles. The third kappa shape index (κ3) is 5.19. The summed E-state index contributed by atoms with van der Waals surface area (Å²) in [5.41, 5.74) is 1.59. The summed E-state index contributed by atoms with van der Waals surface area (Å²) in [6.45, 7) is 7.68. The largest absolute Gasteiger partial charge is 0.494 e. The van der Waals surface area contributed by atoms with Crippen LogP contribution in [0.5, 0.6) is 5.75 Å². The minimum Gasteiger partial charge on any atom is -0.494 e. The summed E-state index contributed by atoms with van der Waals surface area (Å²) in [6.07, 6.45) is 10.8. The predicted octanol–water partition coefficient (Wildman–Crippen LogP) is 5.56. The van der Waals surface area contributed by atoms with Gasteiger partial charge in [0.1, 0.15) is 5.75 Å². The van der Waals surface area contributed by atoms with Gasteiger partial charge in [-0.3, -0.25) is 9.69 Å². The van der Waals surface area contributed by atoms with Crippen LogP contribution in [0.3, 0.4) is 0 Å². The zero-order valence-electron chi connectivity index (χ0n) is 21.9. The molecular weight excluding hydrogens is 452 g/mol. The van der Waals surface area contributed by atoms with Gasteiger partial charge in [-0.05, 0) is 73.2 Å². The maximum atomic E-state index is 13.2. The van der Waals surface area contributed by atoms with Crippen molar-refractivity contribution in [1.82, 2.24) is 30.1 Å². The van der Waals surface area contributed by atoms with Gasteiger partial charge in [-0.1, -0.05) is 46.0 Å².